The number of aliphatic hydroxyl groups excluding tert-OH is 12. The number of carbonyl (C=O) groups excluding carboxylic acids is 8. The molecule has 0 aliphatic rings. The normalized spacial score (nSPS) is 13.8. The molecule has 28 heteroatoms. The minimum Gasteiger partial charge on any atom is -0.464 e. The maximum Gasteiger partial charge on any atom is 0.318 e. The molecule has 0 heterocycles. The summed E-state index contributed by atoms with van der Waals surface area (Å²) in [5.74, 6) is -10.5. The van der Waals surface area contributed by atoms with Crippen LogP contribution in [-0.4, -0.2) is 241 Å². The van der Waals surface area contributed by atoms with Gasteiger partial charge >= 0.3 is 47.8 Å². The molecular formula is C45H76O28. The van der Waals surface area contributed by atoms with Crippen LogP contribution in [0.2, 0.25) is 0 Å². The van der Waals surface area contributed by atoms with E-state index < -0.39 is 229 Å². The molecule has 0 amide bonds. The van der Waals surface area contributed by atoms with E-state index in [4.69, 9.17) is 37.9 Å². The Kier molecular flexibility index (Phi) is 27.0. The van der Waals surface area contributed by atoms with E-state index in [9.17, 15) is 99.6 Å². The van der Waals surface area contributed by atoms with Crippen LogP contribution in [0, 0.1) is 48.7 Å². The molecule has 1 unspecified atom stereocenters. The first-order valence-electron chi connectivity index (χ1n) is 22.4. The highest BCUT2D eigenvalue weighted by Gasteiger charge is 2.49. The molecule has 1 atom stereocenters. The van der Waals surface area contributed by atoms with Crippen LogP contribution >= 0.6 is 0 Å². The molecule has 73 heavy (non-hydrogen) atoms. The summed E-state index contributed by atoms with van der Waals surface area (Å²) in [6.07, 6.45) is 0. The molecule has 0 saturated heterocycles. The fraction of sp³-hybridized carbons (Fsp3) is 0.822. The van der Waals surface area contributed by atoms with E-state index in [1.54, 1.807) is 0 Å². The van der Waals surface area contributed by atoms with Crippen LogP contribution in [0.3, 0.4) is 0 Å². The number of ether oxygens (including phenoxy) is 8. The van der Waals surface area contributed by atoms with Crippen LogP contribution in [0.25, 0.3) is 0 Å². The zero-order chi connectivity index (χ0) is 56.9. The van der Waals surface area contributed by atoms with Crippen LogP contribution < -0.4 is 0 Å². The second-order valence-electron chi connectivity index (χ2n) is 20.5. The first-order valence-corrected chi connectivity index (χ1v) is 22.4. The van der Waals surface area contributed by atoms with E-state index in [1.807, 2.05) is 0 Å². The number of esters is 8. The number of hydrogen-bond donors (Lipinski definition) is 12. The molecule has 0 aliphatic heterocycles. The first kappa shape index (κ1) is 68.3. The standard InChI is InChI=1S/C45H76O28/c1-37(9-46,10-47)29(58)66-21-42(6,19-56)34(63)71-26-45(20-57,27-72-35(64)43(7,22-67-30(59)38(2,11-48)12-49)23-68-31(60)39(3,13-50)14-51)28-73-36(65)44(8,24-69-32(61)40(4,15-52)16-53)25-70-33(62)41(5,17-54)18-55/h46-57H,9-28H2,1-8H3. The Balaban J connectivity index is 7.48. The summed E-state index contributed by atoms with van der Waals surface area (Å²) in [5, 5.41) is 118. The number of aliphatic hydroxyl groups is 12. The zero-order valence-corrected chi connectivity index (χ0v) is 42.5. The molecule has 0 saturated carbocycles. The summed E-state index contributed by atoms with van der Waals surface area (Å²) in [5.41, 5.74) is -18.6. The largest absolute Gasteiger partial charge is 0.464 e. The van der Waals surface area contributed by atoms with Gasteiger partial charge in [0, 0.05) is 0 Å². The van der Waals surface area contributed by atoms with Crippen molar-refractivity contribution in [2.24, 2.45) is 48.7 Å². The molecule has 12 N–H and O–H groups in total. The lowest BCUT2D eigenvalue weighted by molar-refractivity contribution is -0.187. The van der Waals surface area contributed by atoms with Crippen LogP contribution in [0.5, 0.6) is 0 Å². The van der Waals surface area contributed by atoms with Crippen molar-refractivity contribution in [2.45, 2.75) is 55.4 Å². The second kappa shape index (κ2) is 28.8. The van der Waals surface area contributed by atoms with Gasteiger partial charge < -0.3 is 99.2 Å². The van der Waals surface area contributed by atoms with Gasteiger partial charge in [-0.1, -0.05) is 0 Å². The summed E-state index contributed by atoms with van der Waals surface area (Å²) < 4.78 is 42.5. The number of rotatable bonds is 36. The summed E-state index contributed by atoms with van der Waals surface area (Å²) in [6, 6.07) is 0. The van der Waals surface area contributed by atoms with Gasteiger partial charge in [0.15, 0.2) is 0 Å². The monoisotopic (exact) mass is 1060 g/mol. The summed E-state index contributed by atoms with van der Waals surface area (Å²) in [7, 11) is 0. The Bertz CT molecular complexity index is 1670. The van der Waals surface area contributed by atoms with E-state index in [2.05, 4.69) is 0 Å². The molecule has 0 aromatic carbocycles. The van der Waals surface area contributed by atoms with Crippen molar-refractivity contribution in [1.82, 2.24) is 0 Å². The third kappa shape index (κ3) is 17.7. The fourth-order valence-corrected chi connectivity index (χ4v) is 4.82. The fourth-order valence-electron chi connectivity index (χ4n) is 4.82. The molecule has 0 fully saturated rings. The smallest absolute Gasteiger partial charge is 0.318 e. The average molecular weight is 1070 g/mol. The lowest BCUT2D eigenvalue weighted by Crippen LogP contribution is -2.50. The lowest BCUT2D eigenvalue weighted by Gasteiger charge is -2.36. The highest BCUT2D eigenvalue weighted by Crippen LogP contribution is 2.32. The molecular weight excluding hydrogens is 988 g/mol. The van der Waals surface area contributed by atoms with Gasteiger partial charge in [0.25, 0.3) is 0 Å². The van der Waals surface area contributed by atoms with Gasteiger partial charge in [0.05, 0.1) is 84.7 Å². The van der Waals surface area contributed by atoms with E-state index in [0.717, 1.165) is 55.4 Å². The zero-order valence-electron chi connectivity index (χ0n) is 42.5. The predicted molar refractivity (Wildman–Crippen MR) is 240 cm³/mol. The molecule has 424 valence electrons. The topological polar surface area (TPSA) is 453 Å². The molecule has 0 aromatic heterocycles. The summed E-state index contributed by atoms with van der Waals surface area (Å²) >= 11 is 0. The van der Waals surface area contributed by atoms with Crippen molar-refractivity contribution in [3.63, 3.8) is 0 Å². The number of carbonyl (C=O) groups is 8. The Morgan fingerprint density at radius 3 is 0.521 bits per heavy atom. The van der Waals surface area contributed by atoms with Gasteiger partial charge in [0.1, 0.15) is 96.2 Å². The quantitative estimate of drug-likeness (QED) is 0.0205. The third-order valence-corrected chi connectivity index (χ3v) is 12.3. The highest BCUT2D eigenvalue weighted by atomic mass is 16.6. The first-order chi connectivity index (χ1) is 33.8. The van der Waals surface area contributed by atoms with Gasteiger partial charge in [-0.05, 0) is 55.4 Å². The van der Waals surface area contributed by atoms with E-state index in [-0.39, 0.29) is 0 Å². The Morgan fingerprint density at radius 1 is 0.219 bits per heavy atom. The van der Waals surface area contributed by atoms with Crippen molar-refractivity contribution < 1.29 is 138 Å². The molecule has 0 aliphatic carbocycles. The highest BCUT2D eigenvalue weighted by molar-refractivity contribution is 5.83. The Labute approximate surface area is 421 Å². The van der Waals surface area contributed by atoms with Gasteiger partial charge in [-0.2, -0.15) is 0 Å². The SMILES string of the molecule is CC(CO)(CO)C(=O)OCC(C)(CO)C(=O)OCC(CO)(COC(=O)C(C)(COC(=O)C(C)(CO)CO)COC(=O)C(C)(CO)CO)COC(=O)C(C)(COC(=O)C(C)(CO)CO)COC(=O)C(C)(CO)CO. The Hall–Kier alpha value is -4.72. The van der Waals surface area contributed by atoms with E-state index in [0.29, 0.717) is 0 Å². The van der Waals surface area contributed by atoms with Crippen molar-refractivity contribution in [1.29, 1.82) is 0 Å². The van der Waals surface area contributed by atoms with Crippen molar-refractivity contribution >= 4 is 47.8 Å². The molecule has 0 bridgehead atoms. The lowest BCUT2D eigenvalue weighted by atomic mass is 9.88. The van der Waals surface area contributed by atoms with Crippen LogP contribution in [0.15, 0.2) is 0 Å². The minimum absolute atomic E-state index is 0.891. The van der Waals surface area contributed by atoms with Gasteiger partial charge in [0.2, 0.25) is 0 Å². The van der Waals surface area contributed by atoms with E-state index in [1.165, 1.54) is 0 Å². The van der Waals surface area contributed by atoms with Gasteiger partial charge in [-0.25, -0.2) is 0 Å². The number of hydrogen-bond acceptors (Lipinski definition) is 28. The van der Waals surface area contributed by atoms with E-state index >= 15 is 0 Å². The maximum atomic E-state index is 14.1. The molecule has 28 nitrogen and oxygen atoms in total. The van der Waals surface area contributed by atoms with Crippen LogP contribution in [0.1, 0.15) is 55.4 Å². The van der Waals surface area contributed by atoms with Crippen molar-refractivity contribution in [3.8, 4) is 0 Å². The van der Waals surface area contributed by atoms with Crippen molar-refractivity contribution in [3.05, 3.63) is 0 Å². The van der Waals surface area contributed by atoms with Gasteiger partial charge in [-0.3, -0.25) is 38.4 Å². The maximum absolute atomic E-state index is 14.1. The van der Waals surface area contributed by atoms with Crippen molar-refractivity contribution in [2.75, 3.05) is 132 Å². The molecule has 0 radical (unpaired) electrons. The van der Waals surface area contributed by atoms with Crippen LogP contribution in [0.4, 0.5) is 0 Å². The average Bonchev–Trinajstić information content (AvgIpc) is 3.41. The predicted octanol–water partition coefficient (Wildman–Crippen LogP) is -5.72. The summed E-state index contributed by atoms with van der Waals surface area (Å²) in [6.45, 7) is -11.6. The van der Waals surface area contributed by atoms with Crippen LogP contribution in [-0.2, 0) is 76.3 Å². The molecule has 0 aromatic rings. The Morgan fingerprint density at radius 2 is 0.356 bits per heavy atom. The molecule has 0 spiro atoms. The molecule has 0 rings (SSSR count). The minimum atomic E-state index is -2.32. The third-order valence-electron chi connectivity index (χ3n) is 12.3. The second-order valence-corrected chi connectivity index (χ2v) is 20.5. The van der Waals surface area contributed by atoms with Gasteiger partial charge in [-0.15, -0.1) is 0 Å². The summed E-state index contributed by atoms with van der Waals surface area (Å²) in [4.78, 5) is 106.